The SMILES string of the molecule is Cc1cc(C)nc(Sc2ccc(C(N)=O)cc2N)c1. The smallest absolute Gasteiger partial charge is 0.248 e. The summed E-state index contributed by atoms with van der Waals surface area (Å²) in [6.07, 6.45) is 0. The van der Waals surface area contributed by atoms with Gasteiger partial charge in [-0.15, -0.1) is 0 Å². The van der Waals surface area contributed by atoms with Crippen molar-refractivity contribution in [1.82, 2.24) is 4.98 Å². The Kier molecular flexibility index (Phi) is 3.76. The van der Waals surface area contributed by atoms with Crippen LogP contribution in [0.3, 0.4) is 0 Å². The molecule has 0 aliphatic carbocycles. The Morgan fingerprint density at radius 3 is 2.53 bits per heavy atom. The van der Waals surface area contributed by atoms with E-state index in [1.807, 2.05) is 26.0 Å². The summed E-state index contributed by atoms with van der Waals surface area (Å²) in [6.45, 7) is 3.98. The van der Waals surface area contributed by atoms with Crippen LogP contribution in [0.5, 0.6) is 0 Å². The molecule has 0 radical (unpaired) electrons. The Hall–Kier alpha value is -2.01. The van der Waals surface area contributed by atoms with Crippen LogP contribution >= 0.6 is 11.8 Å². The van der Waals surface area contributed by atoms with E-state index in [0.717, 1.165) is 21.2 Å². The first kappa shape index (κ1) is 13.4. The largest absolute Gasteiger partial charge is 0.398 e. The monoisotopic (exact) mass is 273 g/mol. The standard InChI is InChI=1S/C14H15N3OS/c1-8-5-9(2)17-13(6-8)19-12-4-3-10(14(16)18)7-11(12)15/h3-7H,15H2,1-2H3,(H2,16,18). The fraction of sp³-hybridized carbons (Fsp3) is 0.143. The van der Waals surface area contributed by atoms with Gasteiger partial charge in [-0.3, -0.25) is 4.79 Å². The number of benzene rings is 1. The molecule has 0 spiro atoms. The molecular weight excluding hydrogens is 258 g/mol. The first-order valence-electron chi connectivity index (χ1n) is 5.78. The van der Waals surface area contributed by atoms with Crippen molar-refractivity contribution >= 4 is 23.4 Å². The molecular formula is C14H15N3OS. The van der Waals surface area contributed by atoms with Crippen molar-refractivity contribution in [1.29, 1.82) is 0 Å². The van der Waals surface area contributed by atoms with E-state index in [2.05, 4.69) is 4.98 Å². The number of rotatable bonds is 3. The number of primary amides is 1. The normalized spacial score (nSPS) is 10.4. The summed E-state index contributed by atoms with van der Waals surface area (Å²) in [4.78, 5) is 16.4. The molecule has 0 bridgehead atoms. The number of carbonyl (C=O) groups excluding carboxylic acids is 1. The van der Waals surface area contributed by atoms with Crippen molar-refractivity contribution < 1.29 is 4.79 Å². The summed E-state index contributed by atoms with van der Waals surface area (Å²) in [5.74, 6) is -0.479. The van der Waals surface area contributed by atoms with Gasteiger partial charge >= 0.3 is 0 Å². The zero-order valence-corrected chi connectivity index (χ0v) is 11.6. The number of nitrogens with zero attached hydrogens (tertiary/aromatic N) is 1. The topological polar surface area (TPSA) is 82.0 Å². The minimum Gasteiger partial charge on any atom is -0.398 e. The fourth-order valence-corrected chi connectivity index (χ4v) is 2.74. The molecule has 1 amide bonds. The highest BCUT2D eigenvalue weighted by Gasteiger charge is 2.07. The van der Waals surface area contributed by atoms with E-state index < -0.39 is 5.91 Å². The minimum atomic E-state index is -0.479. The molecule has 2 rings (SSSR count). The Balaban J connectivity index is 2.30. The average Bonchev–Trinajstić information content (AvgIpc) is 2.30. The van der Waals surface area contributed by atoms with Crippen molar-refractivity contribution in [3.05, 3.63) is 47.2 Å². The first-order chi connectivity index (χ1) is 8.95. The molecule has 4 nitrogen and oxygen atoms in total. The second kappa shape index (κ2) is 5.32. The Bertz CT molecular complexity index is 620. The van der Waals surface area contributed by atoms with Gasteiger partial charge in [0.15, 0.2) is 0 Å². The van der Waals surface area contributed by atoms with E-state index in [9.17, 15) is 4.79 Å². The summed E-state index contributed by atoms with van der Waals surface area (Å²) in [5, 5.41) is 0.885. The van der Waals surface area contributed by atoms with Gasteiger partial charge in [0.05, 0.1) is 0 Å². The van der Waals surface area contributed by atoms with Gasteiger partial charge in [0.25, 0.3) is 0 Å². The van der Waals surface area contributed by atoms with Gasteiger partial charge in [0.1, 0.15) is 5.03 Å². The second-order valence-corrected chi connectivity index (χ2v) is 5.41. The lowest BCUT2D eigenvalue weighted by Crippen LogP contribution is -2.11. The Labute approximate surface area is 116 Å². The maximum absolute atomic E-state index is 11.1. The molecule has 2 aromatic rings. The summed E-state index contributed by atoms with van der Waals surface area (Å²) in [7, 11) is 0. The summed E-state index contributed by atoms with van der Waals surface area (Å²) in [5.41, 5.74) is 14.2. The van der Waals surface area contributed by atoms with Crippen molar-refractivity contribution in [3.8, 4) is 0 Å². The molecule has 0 atom stereocenters. The van der Waals surface area contributed by atoms with Crippen molar-refractivity contribution in [2.45, 2.75) is 23.8 Å². The maximum Gasteiger partial charge on any atom is 0.248 e. The highest BCUT2D eigenvalue weighted by atomic mass is 32.2. The van der Waals surface area contributed by atoms with Crippen LogP contribution in [-0.4, -0.2) is 10.9 Å². The molecule has 0 saturated heterocycles. The second-order valence-electron chi connectivity index (χ2n) is 4.34. The molecule has 5 heteroatoms. The van der Waals surface area contributed by atoms with Crippen LogP contribution in [0.25, 0.3) is 0 Å². The van der Waals surface area contributed by atoms with Crippen LogP contribution in [0.4, 0.5) is 5.69 Å². The third kappa shape index (κ3) is 3.26. The van der Waals surface area contributed by atoms with Crippen LogP contribution in [-0.2, 0) is 0 Å². The Morgan fingerprint density at radius 2 is 1.95 bits per heavy atom. The molecule has 1 aromatic carbocycles. The molecule has 0 fully saturated rings. The molecule has 1 aromatic heterocycles. The number of anilines is 1. The number of hydrogen-bond donors (Lipinski definition) is 2. The third-order valence-corrected chi connectivity index (χ3v) is 3.59. The quantitative estimate of drug-likeness (QED) is 0.842. The van der Waals surface area contributed by atoms with E-state index >= 15 is 0 Å². The van der Waals surface area contributed by atoms with Crippen LogP contribution in [0.2, 0.25) is 0 Å². The zero-order valence-electron chi connectivity index (χ0n) is 10.8. The molecule has 0 aliphatic heterocycles. The summed E-state index contributed by atoms with van der Waals surface area (Å²) in [6, 6.07) is 9.07. The van der Waals surface area contributed by atoms with Crippen molar-refractivity contribution in [3.63, 3.8) is 0 Å². The first-order valence-corrected chi connectivity index (χ1v) is 6.60. The van der Waals surface area contributed by atoms with Gasteiger partial charge in [-0.25, -0.2) is 4.98 Å². The highest BCUT2D eigenvalue weighted by molar-refractivity contribution is 7.99. The van der Waals surface area contributed by atoms with Gasteiger partial charge in [-0.2, -0.15) is 0 Å². The molecule has 0 unspecified atom stereocenters. The number of nitrogen functional groups attached to an aromatic ring is 1. The number of hydrogen-bond acceptors (Lipinski definition) is 4. The van der Waals surface area contributed by atoms with Crippen molar-refractivity contribution in [2.75, 3.05) is 5.73 Å². The van der Waals surface area contributed by atoms with Crippen LogP contribution in [0.1, 0.15) is 21.6 Å². The summed E-state index contributed by atoms with van der Waals surface area (Å²) < 4.78 is 0. The third-order valence-electron chi connectivity index (χ3n) is 2.58. The average molecular weight is 273 g/mol. The van der Waals surface area contributed by atoms with Gasteiger partial charge in [-0.1, -0.05) is 11.8 Å². The van der Waals surface area contributed by atoms with E-state index in [1.54, 1.807) is 18.2 Å². The van der Waals surface area contributed by atoms with Crippen LogP contribution in [0, 0.1) is 13.8 Å². The predicted molar refractivity (Wildman–Crippen MR) is 77.2 cm³/mol. The lowest BCUT2D eigenvalue weighted by atomic mass is 10.2. The number of amides is 1. The van der Waals surface area contributed by atoms with E-state index in [0.29, 0.717) is 11.3 Å². The molecule has 4 N–H and O–H groups in total. The van der Waals surface area contributed by atoms with Crippen LogP contribution < -0.4 is 11.5 Å². The number of carbonyl (C=O) groups is 1. The number of aromatic nitrogens is 1. The molecule has 0 aliphatic rings. The predicted octanol–water partition coefficient (Wildman–Crippen LogP) is 2.53. The Morgan fingerprint density at radius 1 is 1.21 bits per heavy atom. The minimum absolute atomic E-state index is 0.412. The fourth-order valence-electron chi connectivity index (χ4n) is 1.76. The van der Waals surface area contributed by atoms with Crippen LogP contribution in [0.15, 0.2) is 40.3 Å². The lowest BCUT2D eigenvalue weighted by molar-refractivity contribution is 0.100. The molecule has 1 heterocycles. The van der Waals surface area contributed by atoms with Gasteiger partial charge < -0.3 is 11.5 Å². The molecule has 98 valence electrons. The number of nitrogens with two attached hydrogens (primary N) is 2. The zero-order chi connectivity index (χ0) is 14.0. The number of aryl methyl sites for hydroxylation is 2. The van der Waals surface area contributed by atoms with Gasteiger partial charge in [-0.05, 0) is 49.7 Å². The lowest BCUT2D eigenvalue weighted by Gasteiger charge is -2.07. The number of pyridine rings is 1. The molecule has 19 heavy (non-hydrogen) atoms. The van der Waals surface area contributed by atoms with Crippen molar-refractivity contribution in [2.24, 2.45) is 5.73 Å². The van der Waals surface area contributed by atoms with Gasteiger partial charge in [0.2, 0.25) is 5.91 Å². The molecule has 0 saturated carbocycles. The summed E-state index contributed by atoms with van der Waals surface area (Å²) >= 11 is 1.47. The van der Waals surface area contributed by atoms with E-state index in [-0.39, 0.29) is 0 Å². The van der Waals surface area contributed by atoms with Gasteiger partial charge in [0, 0.05) is 21.8 Å². The van der Waals surface area contributed by atoms with E-state index in [4.69, 9.17) is 11.5 Å². The maximum atomic E-state index is 11.1. The highest BCUT2D eigenvalue weighted by Crippen LogP contribution is 2.31. The van der Waals surface area contributed by atoms with E-state index in [1.165, 1.54) is 11.8 Å².